The third-order valence-corrected chi connectivity index (χ3v) is 3.38. The van der Waals surface area contributed by atoms with Gasteiger partial charge in [-0.2, -0.15) is 0 Å². The lowest BCUT2D eigenvalue weighted by molar-refractivity contribution is -0.124. The van der Waals surface area contributed by atoms with Crippen LogP contribution in [0.1, 0.15) is 28.9 Å². The van der Waals surface area contributed by atoms with Crippen molar-refractivity contribution in [3.05, 3.63) is 70.5 Å². The molecule has 0 aliphatic carbocycles. The molecule has 0 unspecified atom stereocenters. The molecule has 6 heteroatoms. The number of halogens is 2. The van der Waals surface area contributed by atoms with Crippen LogP contribution in [-0.4, -0.2) is 18.5 Å². The van der Waals surface area contributed by atoms with Crippen LogP contribution in [0.15, 0.2) is 48.5 Å². The summed E-state index contributed by atoms with van der Waals surface area (Å²) in [6.07, 6.45) is 0. The summed E-state index contributed by atoms with van der Waals surface area (Å²) in [7, 11) is 0. The Bertz CT molecular complexity index is 703. The van der Waals surface area contributed by atoms with Gasteiger partial charge in [0, 0.05) is 5.02 Å². The lowest BCUT2D eigenvalue weighted by Crippen LogP contribution is -2.31. The van der Waals surface area contributed by atoms with Crippen LogP contribution < -0.4 is 5.32 Å². The fourth-order valence-corrected chi connectivity index (χ4v) is 2.14. The van der Waals surface area contributed by atoms with Gasteiger partial charge in [-0.25, -0.2) is 9.18 Å². The number of esters is 1. The fourth-order valence-electron chi connectivity index (χ4n) is 1.94. The van der Waals surface area contributed by atoms with Crippen molar-refractivity contribution in [1.29, 1.82) is 0 Å². The quantitative estimate of drug-likeness (QED) is 0.851. The van der Waals surface area contributed by atoms with Gasteiger partial charge in [0.15, 0.2) is 6.61 Å². The molecule has 23 heavy (non-hydrogen) atoms. The largest absolute Gasteiger partial charge is 0.452 e. The first-order valence-electron chi connectivity index (χ1n) is 6.93. The molecule has 0 bridgehead atoms. The van der Waals surface area contributed by atoms with Gasteiger partial charge in [0.2, 0.25) is 0 Å². The molecule has 1 N–H and O–H groups in total. The van der Waals surface area contributed by atoms with E-state index in [2.05, 4.69) is 5.32 Å². The normalized spacial score (nSPS) is 11.6. The van der Waals surface area contributed by atoms with Gasteiger partial charge in [-0.15, -0.1) is 0 Å². The summed E-state index contributed by atoms with van der Waals surface area (Å²) in [4.78, 5) is 23.5. The first-order chi connectivity index (χ1) is 11.0. The number of rotatable bonds is 5. The van der Waals surface area contributed by atoms with Gasteiger partial charge in [0.1, 0.15) is 5.82 Å². The average molecular weight is 336 g/mol. The number of hydrogen-bond donors (Lipinski definition) is 1. The third kappa shape index (κ3) is 5.07. The maximum atomic E-state index is 12.8. The van der Waals surface area contributed by atoms with Crippen molar-refractivity contribution in [2.24, 2.45) is 0 Å². The number of carbonyl (C=O) groups excluding carboxylic acids is 2. The molecule has 2 aromatic carbocycles. The van der Waals surface area contributed by atoms with Gasteiger partial charge in [-0.1, -0.05) is 23.7 Å². The van der Waals surface area contributed by atoms with Crippen LogP contribution in [0.3, 0.4) is 0 Å². The zero-order chi connectivity index (χ0) is 16.8. The minimum absolute atomic E-state index is 0.182. The van der Waals surface area contributed by atoms with E-state index in [-0.39, 0.29) is 11.6 Å². The molecule has 1 amide bonds. The van der Waals surface area contributed by atoms with E-state index < -0.39 is 24.3 Å². The summed E-state index contributed by atoms with van der Waals surface area (Å²) < 4.78 is 17.7. The zero-order valence-electron chi connectivity index (χ0n) is 12.4. The van der Waals surface area contributed by atoms with Crippen LogP contribution in [0.5, 0.6) is 0 Å². The summed E-state index contributed by atoms with van der Waals surface area (Å²) in [6.45, 7) is 1.38. The van der Waals surface area contributed by atoms with Crippen molar-refractivity contribution in [2.45, 2.75) is 13.0 Å². The fraction of sp³-hybridized carbons (Fsp3) is 0.176. The van der Waals surface area contributed by atoms with Crippen LogP contribution >= 0.6 is 11.6 Å². The molecule has 2 rings (SSSR count). The summed E-state index contributed by atoms with van der Waals surface area (Å²) in [5.74, 6) is -1.57. The van der Waals surface area contributed by atoms with Crippen molar-refractivity contribution >= 4 is 23.5 Å². The van der Waals surface area contributed by atoms with E-state index in [1.807, 2.05) is 6.07 Å². The summed E-state index contributed by atoms with van der Waals surface area (Å²) >= 11 is 5.90. The first-order valence-corrected chi connectivity index (χ1v) is 7.31. The lowest BCUT2D eigenvalue weighted by Gasteiger charge is -2.14. The van der Waals surface area contributed by atoms with Gasteiger partial charge in [0.25, 0.3) is 5.91 Å². The average Bonchev–Trinajstić information content (AvgIpc) is 2.53. The van der Waals surface area contributed by atoms with E-state index >= 15 is 0 Å². The summed E-state index contributed by atoms with van der Waals surface area (Å²) in [5, 5.41) is 3.28. The highest BCUT2D eigenvalue weighted by Gasteiger charge is 2.13. The van der Waals surface area contributed by atoms with Crippen molar-refractivity contribution in [2.75, 3.05) is 6.61 Å². The van der Waals surface area contributed by atoms with Crippen LogP contribution in [-0.2, 0) is 9.53 Å². The number of amides is 1. The summed E-state index contributed by atoms with van der Waals surface area (Å²) in [5.41, 5.74) is 1.03. The zero-order valence-corrected chi connectivity index (χ0v) is 13.1. The van der Waals surface area contributed by atoms with E-state index in [9.17, 15) is 14.0 Å². The molecule has 0 spiro atoms. The number of ether oxygens (including phenoxy) is 1. The van der Waals surface area contributed by atoms with Gasteiger partial charge >= 0.3 is 5.97 Å². The number of benzene rings is 2. The third-order valence-electron chi connectivity index (χ3n) is 3.14. The number of hydrogen-bond acceptors (Lipinski definition) is 3. The molecule has 120 valence electrons. The Labute approximate surface area is 138 Å². The molecule has 0 heterocycles. The Hall–Kier alpha value is -2.40. The molecule has 0 saturated carbocycles. The molecule has 2 aromatic rings. The highest BCUT2D eigenvalue weighted by molar-refractivity contribution is 6.30. The van der Waals surface area contributed by atoms with E-state index in [1.165, 1.54) is 12.1 Å². The lowest BCUT2D eigenvalue weighted by atomic mass is 10.1. The topological polar surface area (TPSA) is 55.4 Å². The van der Waals surface area contributed by atoms with Crippen LogP contribution in [0.2, 0.25) is 5.02 Å². The highest BCUT2D eigenvalue weighted by Crippen LogP contribution is 2.17. The summed E-state index contributed by atoms with van der Waals surface area (Å²) in [6, 6.07) is 11.7. The van der Waals surface area contributed by atoms with Crippen molar-refractivity contribution in [3.8, 4) is 0 Å². The molecule has 1 atom stereocenters. The van der Waals surface area contributed by atoms with E-state index in [1.54, 1.807) is 25.1 Å². The molecule has 0 radical (unpaired) electrons. The maximum absolute atomic E-state index is 12.8. The molecule has 0 fully saturated rings. The number of nitrogens with one attached hydrogen (secondary N) is 1. The number of carbonyl (C=O) groups is 2. The standard InChI is InChI=1S/C17H15ClFNO3/c1-11(13-3-2-4-14(18)9-13)20-16(21)10-23-17(22)12-5-7-15(19)8-6-12/h2-9,11H,10H2,1H3,(H,20,21)/t11-/m1/s1. The van der Waals surface area contributed by atoms with Crippen molar-refractivity contribution < 1.29 is 18.7 Å². The Morgan fingerprint density at radius 2 is 1.91 bits per heavy atom. The maximum Gasteiger partial charge on any atom is 0.338 e. The predicted molar refractivity (Wildman–Crippen MR) is 84.7 cm³/mol. The SMILES string of the molecule is C[C@@H](NC(=O)COC(=O)c1ccc(F)cc1)c1cccc(Cl)c1. The molecule has 0 aliphatic rings. The van der Waals surface area contributed by atoms with E-state index in [0.29, 0.717) is 5.02 Å². The van der Waals surface area contributed by atoms with Crippen LogP contribution in [0, 0.1) is 5.82 Å². The van der Waals surface area contributed by atoms with Gasteiger partial charge < -0.3 is 10.1 Å². The first kappa shape index (κ1) is 17.0. The Morgan fingerprint density at radius 3 is 2.57 bits per heavy atom. The monoisotopic (exact) mass is 335 g/mol. The molecular formula is C17H15ClFNO3. The second-order valence-corrected chi connectivity index (χ2v) is 5.36. The van der Waals surface area contributed by atoms with Gasteiger partial charge in [0.05, 0.1) is 11.6 Å². The highest BCUT2D eigenvalue weighted by atomic mass is 35.5. The van der Waals surface area contributed by atoms with E-state index in [4.69, 9.17) is 16.3 Å². The smallest absolute Gasteiger partial charge is 0.338 e. The molecular weight excluding hydrogens is 321 g/mol. The molecule has 0 aromatic heterocycles. The van der Waals surface area contributed by atoms with Gasteiger partial charge in [-0.3, -0.25) is 4.79 Å². The minimum Gasteiger partial charge on any atom is -0.452 e. The van der Waals surface area contributed by atoms with Crippen molar-refractivity contribution in [3.63, 3.8) is 0 Å². The Kier molecular flexibility index (Phi) is 5.71. The second kappa shape index (κ2) is 7.74. The Morgan fingerprint density at radius 1 is 1.22 bits per heavy atom. The van der Waals surface area contributed by atoms with E-state index in [0.717, 1.165) is 17.7 Å². The molecule has 0 saturated heterocycles. The minimum atomic E-state index is -0.685. The van der Waals surface area contributed by atoms with Crippen LogP contribution in [0.4, 0.5) is 4.39 Å². The van der Waals surface area contributed by atoms with Gasteiger partial charge in [-0.05, 0) is 48.9 Å². The Balaban J connectivity index is 1.85. The molecule has 4 nitrogen and oxygen atoms in total. The van der Waals surface area contributed by atoms with Crippen LogP contribution in [0.25, 0.3) is 0 Å². The predicted octanol–water partition coefficient (Wildman–Crippen LogP) is 3.51. The second-order valence-electron chi connectivity index (χ2n) is 4.93. The van der Waals surface area contributed by atoms with Crippen molar-refractivity contribution in [1.82, 2.24) is 5.32 Å². The molecule has 0 aliphatic heterocycles.